The van der Waals surface area contributed by atoms with Gasteiger partial charge < -0.3 is 52.3 Å². The van der Waals surface area contributed by atoms with Crippen LogP contribution in [0.1, 0.15) is 180 Å². The van der Waals surface area contributed by atoms with E-state index < -0.39 is 59.2 Å². The molecule has 4 aliphatic rings. The number of aryl methyl sites for hydroxylation is 2. The van der Waals surface area contributed by atoms with Crippen molar-refractivity contribution in [1.82, 2.24) is 52.3 Å². The minimum Gasteiger partial charge on any atom is -0.351 e. The van der Waals surface area contributed by atoms with Crippen LogP contribution in [0.4, 0.5) is 0 Å². The number of likely N-dealkylation sites (tertiary alicyclic amines) is 2. The van der Waals surface area contributed by atoms with Crippen molar-refractivity contribution in [3.8, 4) is 0 Å². The average Bonchev–Trinajstić information content (AvgIpc) is 4.10. The van der Waals surface area contributed by atoms with Gasteiger partial charge in [0.05, 0.1) is 24.2 Å². The molecule has 6 rings (SSSR count). The summed E-state index contributed by atoms with van der Waals surface area (Å²) in [4.78, 5) is 114. The first-order valence-electron chi connectivity index (χ1n) is 28.9. The molecule has 2 aliphatic carbocycles. The van der Waals surface area contributed by atoms with E-state index in [0.29, 0.717) is 12.8 Å². The van der Waals surface area contributed by atoms with Crippen molar-refractivity contribution >= 4 is 47.3 Å². The molecule has 0 spiro atoms. The Hall–Kier alpha value is -5.88. The van der Waals surface area contributed by atoms with Gasteiger partial charge in [-0.15, -0.1) is 0 Å². The van der Waals surface area contributed by atoms with Gasteiger partial charge in [0.15, 0.2) is 0 Å². The van der Waals surface area contributed by atoms with E-state index in [9.17, 15) is 38.4 Å². The highest BCUT2D eigenvalue weighted by Gasteiger charge is 2.48. The van der Waals surface area contributed by atoms with Crippen molar-refractivity contribution in [1.29, 1.82) is 0 Å². The summed E-state index contributed by atoms with van der Waals surface area (Å²) < 4.78 is 0. The lowest BCUT2D eigenvalue weighted by atomic mass is 9.85. The zero-order valence-electron chi connectivity index (χ0n) is 48.3. The number of nitrogens with zero attached hydrogens (tertiary/aromatic N) is 2. The molecule has 10 atom stereocenters. The summed E-state index contributed by atoms with van der Waals surface area (Å²) in [6.45, 7) is 15.0. The number of carbonyl (C=O) groups excluding carboxylic acids is 8. The fourth-order valence-electron chi connectivity index (χ4n) is 11.5. The van der Waals surface area contributed by atoms with E-state index in [1.807, 2.05) is 77.9 Å². The van der Waals surface area contributed by atoms with Gasteiger partial charge in [0.2, 0.25) is 47.3 Å². The maximum absolute atomic E-state index is 14.5. The average molecular weight is 1080 g/mol. The van der Waals surface area contributed by atoms with Crippen LogP contribution >= 0.6 is 0 Å². The Kier molecular flexibility index (Phi) is 21.9. The zero-order valence-corrected chi connectivity index (χ0v) is 48.3. The second kappa shape index (κ2) is 27.8. The number of unbranched alkanes of at least 4 members (excludes halogenated alkanes) is 5. The second-order valence-corrected chi connectivity index (χ2v) is 24.6. The molecule has 2 saturated heterocycles. The molecular formula is C60H92N10O8. The fraction of sp³-hybridized carbons (Fsp3) is 0.667. The molecule has 0 saturated carbocycles. The van der Waals surface area contributed by atoms with Crippen molar-refractivity contribution in [3.63, 3.8) is 0 Å². The molecule has 78 heavy (non-hydrogen) atoms. The Balaban J connectivity index is 0.978. The predicted octanol–water partition coefficient (Wildman–Crippen LogP) is 4.94. The number of amides is 8. The molecule has 2 fully saturated rings. The van der Waals surface area contributed by atoms with Crippen LogP contribution in [-0.2, 0) is 51.2 Å². The Labute approximate surface area is 463 Å². The van der Waals surface area contributed by atoms with Gasteiger partial charge in [-0.25, -0.2) is 0 Å². The maximum atomic E-state index is 14.5. The molecule has 0 bridgehead atoms. The Morgan fingerprint density at radius 2 is 0.885 bits per heavy atom. The number of nitrogens with one attached hydrogen (secondary N) is 8. The highest BCUT2D eigenvalue weighted by atomic mass is 16.2. The molecule has 0 radical (unpaired) electrons. The summed E-state index contributed by atoms with van der Waals surface area (Å²) >= 11 is 0. The normalized spacial score (nSPS) is 22.6. The number of hydrogen-bond donors (Lipinski definition) is 8. The van der Waals surface area contributed by atoms with Gasteiger partial charge in [-0.05, 0) is 125 Å². The molecule has 0 aromatic heterocycles. The third kappa shape index (κ3) is 16.4. The van der Waals surface area contributed by atoms with Gasteiger partial charge in [-0.3, -0.25) is 38.4 Å². The number of likely N-dealkylation sites (N-methyl/N-ethyl adjacent to an activating group) is 2. The van der Waals surface area contributed by atoms with Crippen LogP contribution < -0.4 is 42.5 Å². The van der Waals surface area contributed by atoms with Crippen LogP contribution in [0.2, 0.25) is 0 Å². The number of hydrogen-bond acceptors (Lipinski definition) is 10. The van der Waals surface area contributed by atoms with Gasteiger partial charge in [-0.2, -0.15) is 0 Å². The van der Waals surface area contributed by atoms with Crippen LogP contribution in [0.5, 0.6) is 0 Å². The van der Waals surface area contributed by atoms with E-state index in [4.69, 9.17) is 0 Å². The lowest BCUT2D eigenvalue weighted by Crippen LogP contribution is -2.59. The number of rotatable bonds is 23. The third-order valence-corrected chi connectivity index (χ3v) is 16.4. The minimum atomic E-state index is -0.911. The lowest BCUT2D eigenvalue weighted by molar-refractivity contribution is -0.144. The van der Waals surface area contributed by atoms with Gasteiger partial charge in [0.25, 0.3) is 0 Å². The van der Waals surface area contributed by atoms with Crippen LogP contribution in [0.25, 0.3) is 0 Å². The van der Waals surface area contributed by atoms with Crippen LogP contribution in [-0.4, -0.2) is 133 Å². The van der Waals surface area contributed by atoms with Crippen molar-refractivity contribution < 1.29 is 38.4 Å². The Morgan fingerprint density at radius 1 is 0.526 bits per heavy atom. The first-order chi connectivity index (χ1) is 37.0. The van der Waals surface area contributed by atoms with Crippen molar-refractivity contribution in [2.24, 2.45) is 10.8 Å². The highest BCUT2D eigenvalue weighted by molar-refractivity contribution is 5.95. The minimum absolute atomic E-state index is 0.137. The first-order valence-corrected chi connectivity index (χ1v) is 28.9. The van der Waals surface area contributed by atoms with Gasteiger partial charge >= 0.3 is 0 Å². The van der Waals surface area contributed by atoms with E-state index in [-0.39, 0.29) is 98.1 Å². The van der Waals surface area contributed by atoms with E-state index in [0.717, 1.165) is 75.3 Å². The molecule has 8 amide bonds. The first kappa shape index (κ1) is 61.3. The second-order valence-electron chi connectivity index (χ2n) is 24.6. The molecule has 8 N–H and O–H groups in total. The zero-order chi connectivity index (χ0) is 56.9. The standard InChI is InChI=1S/C60H92N10O8/c1-37(61-9)53(73)67-51(59(3,4)5)57(77)69-35-41(33-47(69)55(75)65-45-29-21-25-39-23-17-19-27-43(39)45)63-49(71)31-15-13-11-12-14-16-32-50(72)64-42-34-48(56(76)66-46-30-22-26-40-24-18-20-28-44(40)46)70(36-42)58(78)52(60(6,7)8)68-54(74)38(2)62-10/h17-20,23-24,27-28,37-38,41-42,45-48,51-52,61-62H,11-16,21-22,25-26,29-36H2,1-10H3,(H,63,71)(H,64,72)(H,65,75)(H,66,76)(H,67,73)(H,68,74)/t37-,38-,41-,42-,45+,46+,47-,48-,51+,52?/m0/s1. The third-order valence-electron chi connectivity index (χ3n) is 16.4. The summed E-state index contributed by atoms with van der Waals surface area (Å²) in [7, 11) is 3.35. The molecule has 18 nitrogen and oxygen atoms in total. The van der Waals surface area contributed by atoms with Crippen molar-refractivity contribution in [2.45, 2.75) is 219 Å². The number of fused-ring (bicyclic) bond motifs is 2. The van der Waals surface area contributed by atoms with E-state index in [1.54, 1.807) is 37.7 Å². The van der Waals surface area contributed by atoms with Crippen LogP contribution in [0, 0.1) is 10.8 Å². The molecule has 2 aliphatic heterocycles. The van der Waals surface area contributed by atoms with Crippen LogP contribution in [0.3, 0.4) is 0 Å². The van der Waals surface area contributed by atoms with Crippen LogP contribution in [0.15, 0.2) is 48.5 Å². The smallest absolute Gasteiger partial charge is 0.246 e. The SMILES string of the molecule is CN[C@@H](C)C(=O)NC(C(=O)N1C[C@@H](NC(=O)CCCCCCCCC(=O)N[C@H]2C[C@@H](C(=O)N[C@@H]3CCCc4ccccc43)N(C(=O)[C@@H](NC(=O)[C@H](C)NC)C(C)(C)C)C2)C[C@H]1C(=O)N[C@@H]1CCCc2ccccc21)C(C)(C)C. The molecule has 430 valence electrons. The molecular weight excluding hydrogens is 989 g/mol. The quantitative estimate of drug-likeness (QED) is 0.0698. The highest BCUT2D eigenvalue weighted by Crippen LogP contribution is 2.34. The molecule has 18 heteroatoms. The monoisotopic (exact) mass is 1080 g/mol. The topological polar surface area (TPSA) is 239 Å². The molecule has 2 aromatic rings. The largest absolute Gasteiger partial charge is 0.351 e. The van der Waals surface area contributed by atoms with E-state index in [1.165, 1.54) is 11.1 Å². The number of benzene rings is 2. The maximum Gasteiger partial charge on any atom is 0.246 e. The summed E-state index contributed by atoms with van der Waals surface area (Å²) in [5.41, 5.74) is 3.23. The Bertz CT molecular complexity index is 2270. The van der Waals surface area contributed by atoms with Crippen molar-refractivity contribution in [3.05, 3.63) is 70.8 Å². The Morgan fingerprint density at radius 3 is 1.24 bits per heavy atom. The summed E-state index contributed by atoms with van der Waals surface area (Å²) in [5, 5.41) is 24.4. The molecule has 2 heterocycles. The molecule has 2 aromatic carbocycles. The molecule has 1 unspecified atom stereocenters. The predicted molar refractivity (Wildman–Crippen MR) is 301 cm³/mol. The van der Waals surface area contributed by atoms with Gasteiger partial charge in [-0.1, -0.05) is 116 Å². The van der Waals surface area contributed by atoms with E-state index >= 15 is 0 Å². The van der Waals surface area contributed by atoms with Crippen molar-refractivity contribution in [2.75, 3.05) is 27.2 Å². The number of carbonyl (C=O) groups is 8. The van der Waals surface area contributed by atoms with Gasteiger partial charge in [0.1, 0.15) is 24.2 Å². The summed E-state index contributed by atoms with van der Waals surface area (Å²) in [5.74, 6) is -2.23. The van der Waals surface area contributed by atoms with E-state index in [2.05, 4.69) is 54.7 Å². The lowest BCUT2D eigenvalue weighted by Gasteiger charge is -2.36. The van der Waals surface area contributed by atoms with Gasteiger partial charge in [0, 0.05) is 38.0 Å². The summed E-state index contributed by atoms with van der Waals surface area (Å²) in [6, 6.07) is 10.4. The summed E-state index contributed by atoms with van der Waals surface area (Å²) in [6.07, 6.45) is 11.1. The fourth-order valence-corrected chi connectivity index (χ4v) is 11.5.